The van der Waals surface area contributed by atoms with Crippen molar-refractivity contribution in [3.63, 3.8) is 0 Å². The molecule has 0 spiro atoms. The van der Waals surface area contributed by atoms with Crippen molar-refractivity contribution < 1.29 is 4.42 Å². The molecule has 1 atom stereocenters. The second-order valence-electron chi connectivity index (χ2n) is 14.3. The number of fused-ring (bicyclic) bond motifs is 8. The normalized spacial score (nSPS) is 18.1. The summed E-state index contributed by atoms with van der Waals surface area (Å²) in [6.45, 7) is 4.86. The van der Waals surface area contributed by atoms with Crippen LogP contribution in [0, 0.1) is 5.92 Å². The molecule has 6 aromatic carbocycles. The van der Waals surface area contributed by atoms with E-state index >= 15 is 0 Å². The number of allylic oxidation sites excluding steroid dienone is 4. The van der Waals surface area contributed by atoms with Gasteiger partial charge in [0, 0.05) is 10.6 Å². The Morgan fingerprint density at radius 3 is 1.88 bits per heavy atom. The molecule has 0 saturated carbocycles. The molecule has 10 rings (SSSR count). The predicted octanol–water partition coefficient (Wildman–Crippen LogP) is 10.9. The van der Waals surface area contributed by atoms with Gasteiger partial charge in [0.2, 0.25) is 0 Å². The van der Waals surface area contributed by atoms with Gasteiger partial charge in [-0.2, -0.15) is 0 Å². The van der Waals surface area contributed by atoms with Crippen molar-refractivity contribution in [2.24, 2.45) is 5.92 Å². The maximum Gasteiger partial charge on any atom is 0.139 e. The summed E-state index contributed by atoms with van der Waals surface area (Å²) in [6, 6.07) is 46.6. The predicted molar refractivity (Wildman–Crippen MR) is 201 cm³/mol. The Bertz CT molecular complexity index is 2600. The molecule has 1 aromatic heterocycles. The first-order valence-electron chi connectivity index (χ1n) is 17.3. The average molecular weight is 617 g/mol. The van der Waals surface area contributed by atoms with Crippen molar-refractivity contribution >= 4 is 49.2 Å². The van der Waals surface area contributed by atoms with E-state index in [2.05, 4.69) is 153 Å². The zero-order chi connectivity index (χ0) is 32.0. The van der Waals surface area contributed by atoms with E-state index in [9.17, 15) is 0 Å². The quantitative estimate of drug-likeness (QED) is 0.180. The lowest BCUT2D eigenvalue weighted by atomic mass is 9.71. The van der Waals surface area contributed by atoms with E-state index in [0.29, 0.717) is 5.92 Å². The van der Waals surface area contributed by atoms with Gasteiger partial charge < -0.3 is 4.42 Å². The van der Waals surface area contributed by atoms with E-state index in [1.165, 1.54) is 82.3 Å². The third-order valence-electron chi connectivity index (χ3n) is 11.5. The van der Waals surface area contributed by atoms with Gasteiger partial charge in [-0.1, -0.05) is 147 Å². The van der Waals surface area contributed by atoms with Crippen molar-refractivity contribution in [1.82, 2.24) is 0 Å². The third kappa shape index (κ3) is 3.85. The fraction of sp³-hybridized carbons (Fsp3) is 0.149. The van der Waals surface area contributed by atoms with Crippen LogP contribution in [0.15, 0.2) is 150 Å². The van der Waals surface area contributed by atoms with Crippen LogP contribution in [0.2, 0.25) is 0 Å². The van der Waals surface area contributed by atoms with Crippen LogP contribution in [0.4, 0.5) is 0 Å². The van der Waals surface area contributed by atoms with Crippen LogP contribution in [0.1, 0.15) is 49.8 Å². The highest BCUT2D eigenvalue weighted by Gasteiger charge is 2.44. The molecule has 3 aliphatic carbocycles. The summed E-state index contributed by atoms with van der Waals surface area (Å²) in [5.41, 5.74) is 14.6. The minimum Gasteiger partial charge on any atom is -0.456 e. The molecule has 0 amide bonds. The van der Waals surface area contributed by atoms with Crippen molar-refractivity contribution in [3.05, 3.63) is 172 Å². The highest BCUT2D eigenvalue weighted by atomic mass is 16.3. The molecule has 0 N–H and O–H groups in total. The molecular formula is C47H36O. The molecule has 7 aromatic rings. The summed E-state index contributed by atoms with van der Waals surface area (Å²) < 4.78 is 6.93. The first-order chi connectivity index (χ1) is 23.6. The van der Waals surface area contributed by atoms with Crippen LogP contribution in [0.5, 0.6) is 0 Å². The summed E-state index contributed by atoms with van der Waals surface area (Å²) in [5, 5.41) is 7.69. The molecule has 1 unspecified atom stereocenters. The van der Waals surface area contributed by atoms with Gasteiger partial charge in [-0.25, -0.2) is 0 Å². The number of hydrogen-bond donors (Lipinski definition) is 0. The molecule has 1 heteroatoms. The maximum atomic E-state index is 6.93. The Morgan fingerprint density at radius 1 is 0.562 bits per heavy atom. The number of hydrogen-bond acceptors (Lipinski definition) is 1. The van der Waals surface area contributed by atoms with Crippen molar-refractivity contribution in [1.29, 1.82) is 0 Å². The topological polar surface area (TPSA) is 13.1 Å². The van der Waals surface area contributed by atoms with E-state index in [0.717, 1.165) is 30.3 Å². The van der Waals surface area contributed by atoms with Crippen LogP contribution in [0.3, 0.4) is 0 Å². The van der Waals surface area contributed by atoms with Gasteiger partial charge in [-0.05, 0) is 108 Å². The molecule has 1 nitrogen and oxygen atoms in total. The molecule has 230 valence electrons. The van der Waals surface area contributed by atoms with Crippen LogP contribution < -0.4 is 10.6 Å². The lowest BCUT2D eigenvalue weighted by molar-refractivity contribution is 0.410. The molecule has 0 fully saturated rings. The fourth-order valence-electron chi connectivity index (χ4n) is 9.31. The Kier molecular flexibility index (Phi) is 5.94. The third-order valence-corrected chi connectivity index (χ3v) is 11.5. The first kappa shape index (κ1) is 27.7. The molecule has 0 aliphatic heterocycles. The summed E-state index contributed by atoms with van der Waals surface area (Å²) in [5.74, 6) is 0.457. The largest absolute Gasteiger partial charge is 0.456 e. The number of benzene rings is 6. The number of para-hydroxylation sites is 1. The lowest BCUT2D eigenvalue weighted by Gasteiger charge is -2.32. The highest BCUT2D eigenvalue weighted by molar-refractivity contribution is 6.19. The van der Waals surface area contributed by atoms with Gasteiger partial charge in [0.25, 0.3) is 0 Å². The van der Waals surface area contributed by atoms with Gasteiger partial charge in [0.1, 0.15) is 11.0 Å². The molecule has 1 heterocycles. The molecule has 48 heavy (non-hydrogen) atoms. The minimum atomic E-state index is 0.0868. The first-order valence-corrected chi connectivity index (χ1v) is 17.3. The monoisotopic (exact) mass is 616 g/mol. The molecule has 0 saturated heterocycles. The van der Waals surface area contributed by atoms with E-state index in [-0.39, 0.29) is 5.41 Å². The number of rotatable bonds is 3. The Labute approximate surface area is 280 Å². The summed E-state index contributed by atoms with van der Waals surface area (Å²) in [7, 11) is 0. The standard InChI is InChI=1S/C47H36O/c1-47(2)40-22-12-10-16-32(40)33-25-24-30(28-41(33)47)31-26-27-39(45-38-21-11-13-23-42(38)48-46(31)45)44-36-19-8-6-17-34(36)43(29-14-4-3-5-15-29)35-18-7-9-20-37(35)44/h3-25,41H,26-28H2,1-2H3. The minimum absolute atomic E-state index is 0.0868. The summed E-state index contributed by atoms with van der Waals surface area (Å²) >= 11 is 0. The van der Waals surface area contributed by atoms with Gasteiger partial charge in [-0.15, -0.1) is 0 Å². The molecule has 0 bridgehead atoms. The van der Waals surface area contributed by atoms with Gasteiger partial charge in [0.05, 0.1) is 0 Å². The van der Waals surface area contributed by atoms with Crippen molar-refractivity contribution in [2.45, 2.75) is 38.5 Å². The van der Waals surface area contributed by atoms with E-state index in [1.54, 1.807) is 0 Å². The van der Waals surface area contributed by atoms with E-state index in [4.69, 9.17) is 4.42 Å². The van der Waals surface area contributed by atoms with Gasteiger partial charge in [0.15, 0.2) is 0 Å². The second kappa shape index (κ2) is 10.3. The second-order valence-corrected chi connectivity index (χ2v) is 14.3. The zero-order valence-electron chi connectivity index (χ0n) is 27.4. The smallest absolute Gasteiger partial charge is 0.139 e. The van der Waals surface area contributed by atoms with Gasteiger partial charge in [-0.3, -0.25) is 0 Å². The van der Waals surface area contributed by atoms with Crippen LogP contribution in [-0.2, 0) is 5.41 Å². The van der Waals surface area contributed by atoms with E-state index in [1.807, 2.05) is 0 Å². The highest BCUT2D eigenvalue weighted by Crippen LogP contribution is 2.54. The number of furan rings is 1. The molecular weight excluding hydrogens is 581 g/mol. The zero-order valence-corrected chi connectivity index (χ0v) is 27.4. The molecule has 0 radical (unpaired) electrons. The average Bonchev–Trinajstić information content (AvgIpc) is 3.63. The lowest BCUT2D eigenvalue weighted by Crippen LogP contribution is -2.32. The van der Waals surface area contributed by atoms with E-state index < -0.39 is 0 Å². The molecule has 3 aliphatic rings. The Hall–Kier alpha value is -5.40. The maximum absolute atomic E-state index is 6.93. The van der Waals surface area contributed by atoms with Crippen LogP contribution in [-0.4, -0.2) is 0 Å². The SMILES string of the molecule is CC1(C)c2ccccc2C2=CC=C(C3=c4oc5ccccc5c4=C(c4c5ccccc5c(-c5ccccc5)c5ccccc45)CC3)CC21. The Balaban J connectivity index is 1.28. The van der Waals surface area contributed by atoms with Crippen LogP contribution in [0.25, 0.3) is 60.4 Å². The van der Waals surface area contributed by atoms with Crippen LogP contribution >= 0.6 is 0 Å². The van der Waals surface area contributed by atoms with Crippen molar-refractivity contribution in [2.75, 3.05) is 0 Å². The summed E-state index contributed by atoms with van der Waals surface area (Å²) in [4.78, 5) is 0. The fourth-order valence-corrected chi connectivity index (χ4v) is 9.31. The Morgan fingerprint density at radius 2 is 1.15 bits per heavy atom. The van der Waals surface area contributed by atoms with Gasteiger partial charge >= 0.3 is 0 Å². The van der Waals surface area contributed by atoms with Crippen molar-refractivity contribution in [3.8, 4) is 11.1 Å². The summed E-state index contributed by atoms with van der Waals surface area (Å²) in [6.07, 6.45) is 7.77.